The van der Waals surface area contributed by atoms with Gasteiger partial charge in [0.2, 0.25) is 0 Å². The second kappa shape index (κ2) is 9.13. The van der Waals surface area contributed by atoms with E-state index in [1.807, 2.05) is 19.1 Å². The van der Waals surface area contributed by atoms with Gasteiger partial charge in [0.25, 0.3) is 0 Å². The average Bonchev–Trinajstić information content (AvgIpc) is 2.50. The van der Waals surface area contributed by atoms with Crippen LogP contribution in [0.2, 0.25) is 0 Å². The second-order valence-corrected chi connectivity index (χ2v) is 5.47. The first kappa shape index (κ1) is 18.1. The highest BCUT2D eigenvalue weighted by Gasteiger charge is 2.31. The van der Waals surface area contributed by atoms with Crippen molar-refractivity contribution in [1.82, 2.24) is 4.90 Å². The van der Waals surface area contributed by atoms with Gasteiger partial charge in [-0.05, 0) is 25.3 Å². The number of nitrogens with zero attached hydrogens (tertiary/aromatic N) is 1. The molecule has 1 rings (SSSR count). The van der Waals surface area contributed by atoms with Gasteiger partial charge in [0.05, 0.1) is 12.6 Å². The molecule has 3 nitrogen and oxygen atoms in total. The zero-order chi connectivity index (χ0) is 15.8. The van der Waals surface area contributed by atoms with Crippen LogP contribution >= 0.6 is 0 Å². The number of halogens is 1. The molecule has 0 aliphatic rings. The summed E-state index contributed by atoms with van der Waals surface area (Å²) in [5, 5.41) is 9.42. The first-order chi connectivity index (χ1) is 10.1. The van der Waals surface area contributed by atoms with Crippen molar-refractivity contribution in [2.45, 2.75) is 58.2 Å². The molecular formula is C17H29FN2O. The maximum absolute atomic E-state index is 14.3. The van der Waals surface area contributed by atoms with Crippen LogP contribution in [-0.4, -0.2) is 35.2 Å². The number of nitrogens with two attached hydrogens (primary N) is 1. The number of hydrogen-bond acceptors (Lipinski definition) is 3. The van der Waals surface area contributed by atoms with Gasteiger partial charge in [-0.2, -0.15) is 0 Å². The van der Waals surface area contributed by atoms with E-state index in [1.165, 1.54) is 6.07 Å². The maximum Gasteiger partial charge on any atom is 0.128 e. The lowest BCUT2D eigenvalue weighted by atomic mass is 9.93. The number of aliphatic hydroxyl groups is 1. The van der Waals surface area contributed by atoms with Gasteiger partial charge in [0, 0.05) is 24.2 Å². The molecule has 3 N–H and O–H groups in total. The van der Waals surface area contributed by atoms with Crippen LogP contribution in [0.3, 0.4) is 0 Å². The summed E-state index contributed by atoms with van der Waals surface area (Å²) in [4.78, 5) is 2.17. The molecule has 0 amide bonds. The Labute approximate surface area is 128 Å². The average molecular weight is 296 g/mol. The van der Waals surface area contributed by atoms with E-state index in [1.54, 1.807) is 6.07 Å². The fourth-order valence-corrected chi connectivity index (χ4v) is 3.02. The highest BCUT2D eigenvalue weighted by atomic mass is 19.1. The van der Waals surface area contributed by atoms with Crippen LogP contribution in [0.4, 0.5) is 4.39 Å². The highest BCUT2D eigenvalue weighted by Crippen LogP contribution is 2.30. The predicted octanol–water partition coefficient (Wildman–Crippen LogP) is 3.09. The summed E-state index contributed by atoms with van der Waals surface area (Å²) < 4.78 is 14.3. The zero-order valence-electron chi connectivity index (χ0n) is 13.4. The van der Waals surface area contributed by atoms with Crippen LogP contribution in [0.5, 0.6) is 0 Å². The molecule has 0 saturated carbocycles. The predicted molar refractivity (Wildman–Crippen MR) is 85.6 cm³/mol. The third kappa shape index (κ3) is 4.50. The summed E-state index contributed by atoms with van der Waals surface area (Å²) in [5.41, 5.74) is 6.94. The number of rotatable bonds is 9. The number of benzene rings is 1. The van der Waals surface area contributed by atoms with Crippen LogP contribution in [0.25, 0.3) is 0 Å². The lowest BCUT2D eigenvalue weighted by Crippen LogP contribution is -2.47. The van der Waals surface area contributed by atoms with Crippen LogP contribution in [0.1, 0.15) is 51.6 Å². The molecular weight excluding hydrogens is 267 g/mol. The molecule has 0 aromatic heterocycles. The largest absolute Gasteiger partial charge is 0.395 e. The van der Waals surface area contributed by atoms with E-state index in [4.69, 9.17) is 5.73 Å². The first-order valence-electron chi connectivity index (χ1n) is 7.97. The van der Waals surface area contributed by atoms with E-state index < -0.39 is 0 Å². The molecule has 0 aliphatic heterocycles. The minimum absolute atomic E-state index is 0.0535. The van der Waals surface area contributed by atoms with Gasteiger partial charge in [0.15, 0.2) is 0 Å². The Morgan fingerprint density at radius 2 is 1.76 bits per heavy atom. The molecule has 1 aromatic rings. The Hall–Kier alpha value is -0.970. The summed E-state index contributed by atoms with van der Waals surface area (Å²) in [7, 11) is 0. The van der Waals surface area contributed by atoms with Crippen molar-refractivity contribution in [3.05, 3.63) is 35.6 Å². The molecule has 4 heteroatoms. The van der Waals surface area contributed by atoms with Crippen molar-refractivity contribution < 1.29 is 9.50 Å². The summed E-state index contributed by atoms with van der Waals surface area (Å²) in [5.74, 6) is -0.222. The number of hydrogen-bond donors (Lipinski definition) is 2. The fraction of sp³-hybridized carbons (Fsp3) is 0.647. The molecule has 0 heterocycles. The molecule has 0 saturated heterocycles. The molecule has 0 aliphatic carbocycles. The van der Waals surface area contributed by atoms with E-state index in [-0.39, 0.29) is 24.5 Å². The minimum Gasteiger partial charge on any atom is -0.395 e. The van der Waals surface area contributed by atoms with Gasteiger partial charge >= 0.3 is 0 Å². The SMILES string of the molecule is CCC(N)C(c1ccccc1F)N(CCO)C(CC)CC. The molecule has 1 aromatic carbocycles. The lowest BCUT2D eigenvalue weighted by molar-refractivity contribution is 0.0795. The highest BCUT2D eigenvalue weighted by molar-refractivity contribution is 5.23. The molecule has 0 spiro atoms. The van der Waals surface area contributed by atoms with Crippen LogP contribution < -0.4 is 5.73 Å². The van der Waals surface area contributed by atoms with Crippen LogP contribution in [0, 0.1) is 5.82 Å². The third-order valence-electron chi connectivity index (χ3n) is 4.23. The smallest absolute Gasteiger partial charge is 0.128 e. The van der Waals surface area contributed by atoms with Gasteiger partial charge in [-0.1, -0.05) is 39.0 Å². The zero-order valence-corrected chi connectivity index (χ0v) is 13.4. The van der Waals surface area contributed by atoms with Gasteiger partial charge in [-0.25, -0.2) is 4.39 Å². The maximum atomic E-state index is 14.3. The molecule has 0 bridgehead atoms. The monoisotopic (exact) mass is 296 g/mol. The quantitative estimate of drug-likeness (QED) is 0.736. The minimum atomic E-state index is -0.222. The van der Waals surface area contributed by atoms with Crippen molar-refractivity contribution in [2.24, 2.45) is 5.73 Å². The lowest BCUT2D eigenvalue weighted by Gasteiger charge is -2.40. The van der Waals surface area contributed by atoms with Gasteiger partial charge in [-0.3, -0.25) is 4.90 Å². The molecule has 2 unspecified atom stereocenters. The Kier molecular flexibility index (Phi) is 7.86. The molecule has 0 fully saturated rings. The Morgan fingerprint density at radius 1 is 1.14 bits per heavy atom. The Bertz CT molecular complexity index is 410. The topological polar surface area (TPSA) is 49.5 Å². The summed E-state index contributed by atoms with van der Waals surface area (Å²) >= 11 is 0. The molecule has 0 radical (unpaired) electrons. The molecule has 2 atom stereocenters. The Balaban J connectivity index is 3.23. The summed E-state index contributed by atoms with van der Waals surface area (Å²) in [6.07, 6.45) is 2.68. The summed E-state index contributed by atoms with van der Waals surface area (Å²) in [6.45, 7) is 6.82. The first-order valence-corrected chi connectivity index (χ1v) is 7.97. The van der Waals surface area contributed by atoms with Crippen molar-refractivity contribution in [3.8, 4) is 0 Å². The fourth-order valence-electron chi connectivity index (χ4n) is 3.02. The van der Waals surface area contributed by atoms with Crippen molar-refractivity contribution >= 4 is 0 Å². The van der Waals surface area contributed by atoms with E-state index in [2.05, 4.69) is 18.7 Å². The van der Waals surface area contributed by atoms with Crippen LogP contribution in [0.15, 0.2) is 24.3 Å². The van der Waals surface area contributed by atoms with E-state index in [0.717, 1.165) is 19.3 Å². The van der Waals surface area contributed by atoms with Crippen molar-refractivity contribution in [1.29, 1.82) is 0 Å². The third-order valence-corrected chi connectivity index (χ3v) is 4.23. The second-order valence-electron chi connectivity index (χ2n) is 5.47. The molecule has 120 valence electrons. The normalized spacial score (nSPS) is 14.7. The van der Waals surface area contributed by atoms with E-state index in [0.29, 0.717) is 18.2 Å². The summed E-state index contributed by atoms with van der Waals surface area (Å²) in [6, 6.07) is 6.76. The Morgan fingerprint density at radius 3 is 2.24 bits per heavy atom. The van der Waals surface area contributed by atoms with Gasteiger partial charge in [-0.15, -0.1) is 0 Å². The standard InChI is InChI=1S/C17H29FN2O/c1-4-13(5-2)20(11-12-21)17(16(19)6-3)14-9-7-8-10-15(14)18/h7-10,13,16-17,21H,4-6,11-12,19H2,1-3H3. The van der Waals surface area contributed by atoms with Gasteiger partial charge < -0.3 is 10.8 Å². The van der Waals surface area contributed by atoms with Crippen molar-refractivity contribution in [3.63, 3.8) is 0 Å². The molecule has 21 heavy (non-hydrogen) atoms. The van der Waals surface area contributed by atoms with Crippen LogP contribution in [-0.2, 0) is 0 Å². The van der Waals surface area contributed by atoms with E-state index >= 15 is 0 Å². The van der Waals surface area contributed by atoms with E-state index in [9.17, 15) is 9.50 Å². The number of aliphatic hydroxyl groups excluding tert-OH is 1. The van der Waals surface area contributed by atoms with Gasteiger partial charge in [0.1, 0.15) is 5.82 Å². The van der Waals surface area contributed by atoms with Crippen molar-refractivity contribution in [2.75, 3.05) is 13.2 Å².